The third-order valence-electron chi connectivity index (χ3n) is 5.15. The molecule has 7 heteroatoms. The SMILES string of the molecule is Cc1ccc(N2C[C@H](C(=O)O[C@H](CCCl)C(=O)c3ccc(Cl)cc3)CC2=O)c(C)c1. The Kier molecular flexibility index (Phi) is 7.16. The maximum Gasteiger partial charge on any atom is 0.312 e. The number of anilines is 1. The number of benzene rings is 2. The molecule has 1 aliphatic rings. The van der Waals surface area contributed by atoms with Gasteiger partial charge in [-0.05, 0) is 49.7 Å². The number of esters is 1. The number of carbonyl (C=O) groups excluding carboxylic acids is 3. The molecule has 1 amide bonds. The molecular weight excluding hydrogens is 425 g/mol. The second-order valence-corrected chi connectivity index (χ2v) is 8.28. The van der Waals surface area contributed by atoms with Crippen LogP contribution in [0.4, 0.5) is 5.69 Å². The lowest BCUT2D eigenvalue weighted by atomic mass is 10.0. The highest BCUT2D eigenvalue weighted by Gasteiger charge is 2.38. The molecule has 158 valence electrons. The molecule has 0 aliphatic carbocycles. The minimum Gasteiger partial charge on any atom is -0.454 e. The Morgan fingerprint density at radius 2 is 1.87 bits per heavy atom. The van der Waals surface area contributed by atoms with Gasteiger partial charge in [-0.3, -0.25) is 14.4 Å². The summed E-state index contributed by atoms with van der Waals surface area (Å²) in [6.07, 6.45) is -0.758. The Morgan fingerprint density at radius 3 is 2.50 bits per heavy atom. The Hall–Kier alpha value is -2.37. The number of halogens is 2. The van der Waals surface area contributed by atoms with Crippen molar-refractivity contribution in [2.24, 2.45) is 5.92 Å². The van der Waals surface area contributed by atoms with E-state index in [-0.39, 0.29) is 37.0 Å². The van der Waals surface area contributed by atoms with Crippen molar-refractivity contribution >= 4 is 46.5 Å². The van der Waals surface area contributed by atoms with Gasteiger partial charge in [0.2, 0.25) is 11.7 Å². The first-order valence-corrected chi connectivity index (χ1v) is 10.6. The average molecular weight is 448 g/mol. The summed E-state index contributed by atoms with van der Waals surface area (Å²) in [6, 6.07) is 12.2. The molecule has 2 aromatic rings. The topological polar surface area (TPSA) is 63.7 Å². The number of carbonyl (C=O) groups is 3. The van der Waals surface area contributed by atoms with Gasteiger partial charge in [0.15, 0.2) is 6.10 Å². The van der Waals surface area contributed by atoms with Gasteiger partial charge >= 0.3 is 5.97 Å². The molecular formula is C23H23Cl2NO4. The largest absolute Gasteiger partial charge is 0.454 e. The zero-order valence-electron chi connectivity index (χ0n) is 16.9. The van der Waals surface area contributed by atoms with Crippen molar-refractivity contribution in [2.75, 3.05) is 17.3 Å². The summed E-state index contributed by atoms with van der Waals surface area (Å²) >= 11 is 11.7. The highest BCUT2D eigenvalue weighted by molar-refractivity contribution is 6.30. The number of ketones is 1. The van der Waals surface area contributed by atoms with Crippen molar-refractivity contribution in [3.63, 3.8) is 0 Å². The number of hydrogen-bond donors (Lipinski definition) is 0. The van der Waals surface area contributed by atoms with E-state index in [1.807, 2.05) is 32.0 Å². The van der Waals surface area contributed by atoms with Crippen LogP contribution in [0.1, 0.15) is 34.3 Å². The number of rotatable bonds is 7. The number of aryl methyl sites for hydroxylation is 2. The van der Waals surface area contributed by atoms with E-state index in [0.717, 1.165) is 16.8 Å². The van der Waals surface area contributed by atoms with Crippen LogP contribution in [0.2, 0.25) is 5.02 Å². The Labute approximate surface area is 185 Å². The van der Waals surface area contributed by atoms with Gasteiger partial charge in [-0.2, -0.15) is 0 Å². The molecule has 0 saturated carbocycles. The van der Waals surface area contributed by atoms with Gasteiger partial charge in [0.25, 0.3) is 0 Å². The van der Waals surface area contributed by atoms with Crippen LogP contribution in [0, 0.1) is 19.8 Å². The van der Waals surface area contributed by atoms with Gasteiger partial charge in [0, 0.05) is 41.5 Å². The molecule has 5 nitrogen and oxygen atoms in total. The van der Waals surface area contributed by atoms with Crippen molar-refractivity contribution in [2.45, 2.75) is 32.8 Å². The molecule has 1 aliphatic heterocycles. The highest BCUT2D eigenvalue weighted by Crippen LogP contribution is 2.29. The number of amides is 1. The van der Waals surface area contributed by atoms with Crippen molar-refractivity contribution < 1.29 is 19.1 Å². The summed E-state index contributed by atoms with van der Waals surface area (Å²) in [6.45, 7) is 4.14. The first-order valence-electron chi connectivity index (χ1n) is 9.74. The van der Waals surface area contributed by atoms with Crippen LogP contribution in [0.15, 0.2) is 42.5 Å². The molecule has 0 spiro atoms. The lowest BCUT2D eigenvalue weighted by Gasteiger charge is -2.20. The normalized spacial score (nSPS) is 17.1. The van der Waals surface area contributed by atoms with Crippen molar-refractivity contribution in [1.82, 2.24) is 0 Å². The van der Waals surface area contributed by atoms with E-state index in [4.69, 9.17) is 27.9 Å². The predicted octanol–water partition coefficient (Wildman–Crippen LogP) is 4.73. The summed E-state index contributed by atoms with van der Waals surface area (Å²) < 4.78 is 5.52. The number of hydrogen-bond acceptors (Lipinski definition) is 4. The lowest BCUT2D eigenvalue weighted by Crippen LogP contribution is -2.32. The fourth-order valence-corrected chi connectivity index (χ4v) is 3.91. The predicted molar refractivity (Wildman–Crippen MR) is 117 cm³/mol. The van der Waals surface area contributed by atoms with E-state index >= 15 is 0 Å². The van der Waals surface area contributed by atoms with E-state index in [2.05, 4.69) is 0 Å². The van der Waals surface area contributed by atoms with Crippen LogP contribution in [0.3, 0.4) is 0 Å². The van der Waals surface area contributed by atoms with Crippen molar-refractivity contribution in [3.8, 4) is 0 Å². The standard InChI is InChI=1S/C23H23Cl2NO4/c1-14-3-8-19(15(2)11-14)26-13-17(12-21(26)27)23(29)30-20(9-10-24)22(28)16-4-6-18(25)7-5-16/h3-8,11,17,20H,9-10,12-13H2,1-2H3/t17-,20-/m1/s1. The smallest absolute Gasteiger partial charge is 0.312 e. The summed E-state index contributed by atoms with van der Waals surface area (Å²) in [5, 5.41) is 0.508. The van der Waals surface area contributed by atoms with Gasteiger partial charge < -0.3 is 9.64 Å². The third-order valence-corrected chi connectivity index (χ3v) is 5.62. The summed E-state index contributed by atoms with van der Waals surface area (Å²) in [4.78, 5) is 39.7. The molecule has 0 bridgehead atoms. The average Bonchev–Trinajstić information content (AvgIpc) is 3.09. The molecule has 0 radical (unpaired) electrons. The van der Waals surface area contributed by atoms with Gasteiger partial charge in [0.1, 0.15) is 0 Å². The number of alkyl halides is 1. The summed E-state index contributed by atoms with van der Waals surface area (Å²) in [5.74, 6) is -1.50. The number of ether oxygens (including phenoxy) is 1. The summed E-state index contributed by atoms with van der Waals surface area (Å²) in [7, 11) is 0. The molecule has 3 rings (SSSR count). The van der Waals surface area contributed by atoms with Crippen LogP contribution < -0.4 is 4.90 Å². The second-order valence-electron chi connectivity index (χ2n) is 7.47. The monoisotopic (exact) mass is 447 g/mol. The molecule has 1 fully saturated rings. The van der Waals surface area contributed by atoms with Crippen LogP contribution in [-0.4, -0.2) is 36.2 Å². The van der Waals surface area contributed by atoms with Crippen molar-refractivity contribution in [1.29, 1.82) is 0 Å². The van der Waals surface area contributed by atoms with Gasteiger partial charge in [-0.15, -0.1) is 11.6 Å². The molecule has 30 heavy (non-hydrogen) atoms. The molecule has 0 N–H and O–H groups in total. The van der Waals surface area contributed by atoms with Crippen LogP contribution in [0.5, 0.6) is 0 Å². The molecule has 0 aromatic heterocycles. The molecule has 1 saturated heterocycles. The quantitative estimate of drug-likeness (QED) is 0.349. The lowest BCUT2D eigenvalue weighted by molar-refractivity contribution is -0.151. The zero-order valence-corrected chi connectivity index (χ0v) is 18.4. The van der Waals surface area contributed by atoms with Gasteiger partial charge in [0.05, 0.1) is 5.92 Å². The van der Waals surface area contributed by atoms with Crippen molar-refractivity contribution in [3.05, 3.63) is 64.2 Å². The van der Waals surface area contributed by atoms with E-state index in [9.17, 15) is 14.4 Å². The van der Waals surface area contributed by atoms with Gasteiger partial charge in [-0.1, -0.05) is 29.3 Å². The Balaban J connectivity index is 1.71. The van der Waals surface area contributed by atoms with E-state index in [0.29, 0.717) is 10.6 Å². The maximum absolute atomic E-state index is 12.8. The third kappa shape index (κ3) is 5.02. The fourth-order valence-electron chi connectivity index (χ4n) is 3.59. The number of nitrogens with zero attached hydrogens (tertiary/aromatic N) is 1. The Bertz CT molecular complexity index is 958. The Morgan fingerprint density at radius 1 is 1.17 bits per heavy atom. The molecule has 1 heterocycles. The van der Waals surface area contributed by atoms with E-state index in [1.165, 1.54) is 0 Å². The van der Waals surface area contributed by atoms with Crippen LogP contribution in [-0.2, 0) is 14.3 Å². The van der Waals surface area contributed by atoms with Crippen LogP contribution in [0.25, 0.3) is 0 Å². The van der Waals surface area contributed by atoms with E-state index in [1.54, 1.807) is 29.2 Å². The molecule has 2 aromatic carbocycles. The molecule has 0 unspecified atom stereocenters. The minimum atomic E-state index is -0.999. The number of Topliss-reactive ketones (excluding diaryl/α,β-unsaturated/α-hetero) is 1. The summed E-state index contributed by atoms with van der Waals surface area (Å²) in [5.41, 5.74) is 3.25. The van der Waals surface area contributed by atoms with Crippen LogP contribution >= 0.6 is 23.2 Å². The second kappa shape index (κ2) is 9.63. The minimum absolute atomic E-state index is 0.0505. The zero-order chi connectivity index (χ0) is 21.8. The fraction of sp³-hybridized carbons (Fsp3) is 0.348. The molecule has 2 atom stereocenters. The first-order chi connectivity index (χ1) is 14.3. The van der Waals surface area contributed by atoms with E-state index < -0.39 is 18.0 Å². The maximum atomic E-state index is 12.8. The first kappa shape index (κ1) is 22.3. The highest BCUT2D eigenvalue weighted by atomic mass is 35.5. The van der Waals surface area contributed by atoms with Gasteiger partial charge in [-0.25, -0.2) is 0 Å².